The number of thioether (sulfide) groups is 1. The molecule has 1 aliphatic heterocycles. The summed E-state index contributed by atoms with van der Waals surface area (Å²) in [6.45, 7) is 3.65. The molecule has 1 amide bonds. The average molecular weight is 293 g/mol. The largest absolute Gasteiger partial charge is 0.478 e. The van der Waals surface area contributed by atoms with Gasteiger partial charge in [-0.3, -0.25) is 9.78 Å². The molecule has 0 fully saturated rings. The van der Waals surface area contributed by atoms with Crippen LogP contribution in [0.5, 0.6) is 0 Å². The number of carboxylic acids is 1. The number of hydrogen-bond donors (Lipinski definition) is 2. The van der Waals surface area contributed by atoms with Crippen LogP contribution in [-0.2, 0) is 4.79 Å². The predicted molar refractivity (Wildman–Crippen MR) is 77.3 cm³/mol. The first-order chi connectivity index (χ1) is 9.40. The Balaban J connectivity index is 2.48. The molecule has 7 heteroatoms. The molecular weight excluding hydrogens is 278 g/mol. The first-order valence-corrected chi connectivity index (χ1v) is 7.31. The van der Waals surface area contributed by atoms with Gasteiger partial charge in [-0.25, -0.2) is 9.79 Å². The average Bonchev–Trinajstić information content (AvgIpc) is 2.75. The number of hydrogen-bond acceptors (Lipinski definition) is 5. The van der Waals surface area contributed by atoms with Crippen molar-refractivity contribution < 1.29 is 14.7 Å². The summed E-state index contributed by atoms with van der Waals surface area (Å²) in [5.74, 6) is -1.12. The van der Waals surface area contributed by atoms with Crippen LogP contribution in [-0.4, -0.2) is 44.8 Å². The van der Waals surface area contributed by atoms with E-state index in [1.54, 1.807) is 6.92 Å². The SMILES string of the molecule is CSC(C)C1(C)N=C(c2ncccc2C(=O)O)NC1=O. The van der Waals surface area contributed by atoms with Crippen LogP contribution in [0.3, 0.4) is 0 Å². The van der Waals surface area contributed by atoms with Gasteiger partial charge in [-0.05, 0) is 25.3 Å². The highest BCUT2D eigenvalue weighted by atomic mass is 32.2. The fourth-order valence-electron chi connectivity index (χ4n) is 1.93. The molecule has 20 heavy (non-hydrogen) atoms. The third kappa shape index (κ3) is 2.29. The van der Waals surface area contributed by atoms with Gasteiger partial charge in [0.25, 0.3) is 5.91 Å². The van der Waals surface area contributed by atoms with Crippen LogP contribution in [0.25, 0.3) is 0 Å². The van der Waals surface area contributed by atoms with Crippen molar-refractivity contribution in [1.82, 2.24) is 10.3 Å². The number of aromatic nitrogens is 1. The van der Waals surface area contributed by atoms with Gasteiger partial charge in [-0.2, -0.15) is 11.8 Å². The van der Waals surface area contributed by atoms with Gasteiger partial charge in [-0.15, -0.1) is 0 Å². The van der Waals surface area contributed by atoms with E-state index in [0.717, 1.165) is 0 Å². The Morgan fingerprint density at radius 1 is 1.55 bits per heavy atom. The highest BCUT2D eigenvalue weighted by molar-refractivity contribution is 7.99. The zero-order chi connectivity index (χ0) is 14.9. The Morgan fingerprint density at radius 2 is 2.25 bits per heavy atom. The van der Waals surface area contributed by atoms with Gasteiger partial charge in [0.1, 0.15) is 5.69 Å². The van der Waals surface area contributed by atoms with Gasteiger partial charge in [0.05, 0.1) is 5.56 Å². The number of amides is 1. The monoisotopic (exact) mass is 293 g/mol. The second-order valence-electron chi connectivity index (χ2n) is 4.64. The zero-order valence-corrected chi connectivity index (χ0v) is 12.2. The summed E-state index contributed by atoms with van der Waals surface area (Å²) < 4.78 is 0. The van der Waals surface area contributed by atoms with E-state index < -0.39 is 11.5 Å². The van der Waals surface area contributed by atoms with E-state index in [1.165, 1.54) is 30.1 Å². The number of nitrogens with zero attached hydrogens (tertiary/aromatic N) is 2. The summed E-state index contributed by atoms with van der Waals surface area (Å²) in [5.41, 5.74) is -0.708. The number of nitrogens with one attached hydrogen (secondary N) is 1. The molecule has 0 saturated heterocycles. The van der Waals surface area contributed by atoms with E-state index >= 15 is 0 Å². The lowest BCUT2D eigenvalue weighted by Crippen LogP contribution is -2.43. The molecule has 0 radical (unpaired) electrons. The summed E-state index contributed by atoms with van der Waals surface area (Å²) in [7, 11) is 0. The van der Waals surface area contributed by atoms with E-state index in [4.69, 9.17) is 5.11 Å². The molecule has 0 bridgehead atoms. The third-order valence-electron chi connectivity index (χ3n) is 3.44. The van der Waals surface area contributed by atoms with Crippen LogP contribution < -0.4 is 5.32 Å². The Hall–Kier alpha value is -1.89. The van der Waals surface area contributed by atoms with Gasteiger partial charge in [0.2, 0.25) is 0 Å². The first-order valence-electron chi connectivity index (χ1n) is 6.03. The lowest BCUT2D eigenvalue weighted by Gasteiger charge is -2.23. The number of aromatic carboxylic acids is 1. The number of amidine groups is 1. The van der Waals surface area contributed by atoms with Crippen LogP contribution in [0.2, 0.25) is 0 Å². The summed E-state index contributed by atoms with van der Waals surface area (Å²) >= 11 is 1.53. The molecule has 1 aliphatic rings. The van der Waals surface area contributed by atoms with Crippen LogP contribution in [0, 0.1) is 0 Å². The molecule has 0 aliphatic carbocycles. The fraction of sp³-hybridized carbons (Fsp3) is 0.385. The Kier molecular flexibility index (Phi) is 3.80. The summed E-state index contributed by atoms with van der Waals surface area (Å²) in [6, 6.07) is 2.97. The number of carbonyl (C=O) groups is 2. The minimum atomic E-state index is -1.10. The van der Waals surface area contributed by atoms with Crippen molar-refractivity contribution in [3.63, 3.8) is 0 Å². The van der Waals surface area contributed by atoms with Crippen molar-refractivity contribution in [2.24, 2.45) is 4.99 Å². The second kappa shape index (κ2) is 5.24. The zero-order valence-electron chi connectivity index (χ0n) is 11.4. The standard InChI is InChI=1S/C13H15N3O3S/c1-7(20-3)13(2)12(19)15-10(16-13)9-8(11(17)18)5-4-6-14-9/h4-7H,1-3H3,(H,17,18)(H,15,16,19). The normalized spacial score (nSPS) is 23.1. The molecule has 2 N–H and O–H groups in total. The molecule has 6 nitrogen and oxygen atoms in total. The highest BCUT2D eigenvalue weighted by Crippen LogP contribution is 2.29. The Bertz CT molecular complexity index is 602. The molecule has 2 atom stereocenters. The first kappa shape index (κ1) is 14.5. The van der Waals surface area contributed by atoms with Crippen molar-refractivity contribution in [2.75, 3.05) is 6.26 Å². The summed E-state index contributed by atoms with van der Waals surface area (Å²) in [4.78, 5) is 31.8. The van der Waals surface area contributed by atoms with Gasteiger partial charge >= 0.3 is 5.97 Å². The second-order valence-corrected chi connectivity index (χ2v) is 5.82. The topological polar surface area (TPSA) is 91.7 Å². The number of carbonyl (C=O) groups excluding carboxylic acids is 1. The molecule has 1 aromatic heterocycles. The maximum absolute atomic E-state index is 12.1. The van der Waals surface area contributed by atoms with Crippen molar-refractivity contribution in [2.45, 2.75) is 24.6 Å². The van der Waals surface area contributed by atoms with E-state index in [0.29, 0.717) is 0 Å². The molecule has 0 aromatic carbocycles. The third-order valence-corrected chi connectivity index (χ3v) is 4.61. The van der Waals surface area contributed by atoms with Gasteiger partial charge < -0.3 is 10.4 Å². The summed E-state index contributed by atoms with van der Waals surface area (Å²) in [6.07, 6.45) is 3.38. The van der Waals surface area contributed by atoms with Crippen LogP contribution >= 0.6 is 11.8 Å². The molecule has 2 unspecified atom stereocenters. The van der Waals surface area contributed by atoms with Gasteiger partial charge in [-0.1, -0.05) is 6.92 Å². The molecule has 0 spiro atoms. The molecule has 106 valence electrons. The minimum Gasteiger partial charge on any atom is -0.478 e. The van der Waals surface area contributed by atoms with E-state index in [1.807, 2.05) is 13.2 Å². The molecule has 1 aromatic rings. The van der Waals surface area contributed by atoms with E-state index in [9.17, 15) is 9.59 Å². The lowest BCUT2D eigenvalue weighted by molar-refractivity contribution is -0.123. The smallest absolute Gasteiger partial charge is 0.338 e. The van der Waals surface area contributed by atoms with Gasteiger partial charge in [0, 0.05) is 11.4 Å². The Morgan fingerprint density at radius 3 is 2.85 bits per heavy atom. The minimum absolute atomic E-state index is 0.0209. The number of carboxylic acid groups (broad SMARTS) is 1. The molecular formula is C13H15N3O3S. The Labute approximate surface area is 120 Å². The van der Waals surface area contributed by atoms with Crippen molar-refractivity contribution >= 4 is 29.5 Å². The van der Waals surface area contributed by atoms with E-state index in [2.05, 4.69) is 15.3 Å². The van der Waals surface area contributed by atoms with E-state index in [-0.39, 0.29) is 28.3 Å². The molecule has 2 rings (SSSR count). The maximum atomic E-state index is 12.1. The quantitative estimate of drug-likeness (QED) is 0.869. The van der Waals surface area contributed by atoms with Crippen molar-refractivity contribution in [3.05, 3.63) is 29.6 Å². The predicted octanol–water partition coefficient (Wildman–Crippen LogP) is 1.17. The van der Waals surface area contributed by atoms with Crippen LogP contribution in [0.15, 0.2) is 23.3 Å². The summed E-state index contributed by atoms with van der Waals surface area (Å²) in [5, 5.41) is 11.8. The lowest BCUT2D eigenvalue weighted by atomic mass is 9.99. The van der Waals surface area contributed by atoms with Crippen molar-refractivity contribution in [3.8, 4) is 0 Å². The van der Waals surface area contributed by atoms with Crippen molar-refractivity contribution in [1.29, 1.82) is 0 Å². The number of pyridine rings is 1. The number of rotatable bonds is 4. The van der Waals surface area contributed by atoms with Crippen LogP contribution in [0.1, 0.15) is 29.9 Å². The fourth-order valence-corrected chi connectivity index (χ4v) is 2.55. The number of aliphatic imine (C=N–C) groups is 1. The molecule has 2 heterocycles. The molecule has 0 saturated carbocycles. The maximum Gasteiger partial charge on any atom is 0.338 e. The van der Waals surface area contributed by atoms with Gasteiger partial charge in [0.15, 0.2) is 11.4 Å². The van der Waals surface area contributed by atoms with Crippen LogP contribution in [0.4, 0.5) is 0 Å². The highest BCUT2D eigenvalue weighted by Gasteiger charge is 2.44.